The van der Waals surface area contributed by atoms with Crippen LogP contribution in [-0.4, -0.2) is 44.2 Å². The quantitative estimate of drug-likeness (QED) is 0.389. The summed E-state index contributed by atoms with van der Waals surface area (Å²) < 4.78 is 48.7. The van der Waals surface area contributed by atoms with Gasteiger partial charge in [-0.25, -0.2) is 0 Å². The molecule has 2 N–H and O–H groups in total. The minimum absolute atomic E-state index is 0.114. The Labute approximate surface area is 207 Å². The zero-order valence-electron chi connectivity index (χ0n) is 19.4. The number of benzene rings is 3. The van der Waals surface area contributed by atoms with Crippen LogP contribution in [0.25, 0.3) is 0 Å². The van der Waals surface area contributed by atoms with Gasteiger partial charge in [0, 0.05) is 24.7 Å². The number of rotatable bonds is 5. The molecule has 6 rings (SSSR count). The molecule has 0 radical (unpaired) electrons. The number of hydrogen-bond donors (Lipinski definition) is 2. The molecule has 188 valence electrons. The summed E-state index contributed by atoms with van der Waals surface area (Å²) in [6.45, 7) is 1.50. The Balaban J connectivity index is 1.37. The maximum atomic E-state index is 13.2. The monoisotopic (exact) mass is 512 g/mol. The first kappa shape index (κ1) is 22.9. The summed E-state index contributed by atoms with van der Waals surface area (Å²) >= 11 is 0. The lowest BCUT2D eigenvalue weighted by atomic mass is 9.83. The van der Waals surface area contributed by atoms with E-state index in [4.69, 9.17) is 18.4 Å². The summed E-state index contributed by atoms with van der Waals surface area (Å²) in [6.07, 6.45) is 1.50. The summed E-state index contributed by atoms with van der Waals surface area (Å²) in [4.78, 5) is 2.09. The lowest BCUT2D eigenvalue weighted by molar-refractivity contribution is 0.0290. The van der Waals surface area contributed by atoms with Crippen molar-refractivity contribution in [3.05, 3.63) is 70.8 Å². The van der Waals surface area contributed by atoms with Gasteiger partial charge < -0.3 is 18.4 Å². The molecule has 3 aliphatic rings. The Bertz CT molecular complexity index is 1460. The second-order valence-electron chi connectivity index (χ2n) is 8.90. The van der Waals surface area contributed by atoms with Crippen LogP contribution in [0.5, 0.6) is 23.0 Å². The van der Waals surface area contributed by atoms with Crippen molar-refractivity contribution in [2.75, 3.05) is 25.7 Å². The average molecular weight is 513 g/mol. The van der Waals surface area contributed by atoms with Crippen LogP contribution >= 0.6 is 0 Å². The van der Waals surface area contributed by atoms with Crippen molar-refractivity contribution in [2.45, 2.75) is 30.3 Å². The molecule has 0 saturated heterocycles. The minimum Gasteiger partial charge on any atom is -0.493 e. The Hall–Kier alpha value is -3.51. The van der Waals surface area contributed by atoms with E-state index < -0.39 is 10.1 Å². The first-order valence-electron chi connectivity index (χ1n) is 11.4. The third-order valence-electron chi connectivity index (χ3n) is 6.95. The zero-order valence-corrected chi connectivity index (χ0v) is 20.2. The normalized spacial score (nSPS) is 18.1. The van der Waals surface area contributed by atoms with Crippen LogP contribution in [0.2, 0.25) is 0 Å². The second-order valence-corrected chi connectivity index (χ2v) is 10.4. The highest BCUT2D eigenvalue weighted by Gasteiger charge is 2.36. The number of hydrogen-bond acceptors (Lipinski definition) is 10. The van der Waals surface area contributed by atoms with Crippen molar-refractivity contribution in [1.82, 2.24) is 4.90 Å². The largest absolute Gasteiger partial charge is 0.493 e. The molecule has 3 aromatic carbocycles. The Kier molecular flexibility index (Phi) is 5.45. The molecular weight excluding hydrogens is 488 g/mol. The topological polar surface area (TPSA) is 118 Å². The molecule has 0 spiro atoms. The zero-order chi connectivity index (χ0) is 25.0. The van der Waals surface area contributed by atoms with Gasteiger partial charge in [0.05, 0.1) is 12.8 Å². The Morgan fingerprint density at radius 3 is 2.64 bits per heavy atom. The fraction of sp³-hybridized carbons (Fsp3) is 0.280. The molecule has 0 fully saturated rings. The molecule has 0 aromatic heterocycles. The van der Waals surface area contributed by atoms with Crippen molar-refractivity contribution in [3.8, 4) is 23.0 Å². The smallest absolute Gasteiger partial charge is 0.339 e. The third kappa shape index (κ3) is 3.80. The van der Waals surface area contributed by atoms with Gasteiger partial charge in [0.2, 0.25) is 6.79 Å². The van der Waals surface area contributed by atoms with Crippen molar-refractivity contribution >= 4 is 15.8 Å². The van der Waals surface area contributed by atoms with E-state index in [1.807, 2.05) is 6.07 Å². The van der Waals surface area contributed by atoms with Crippen molar-refractivity contribution < 1.29 is 37.2 Å². The standard InChI is InChI=1S/C25H24N2O8S/c1-32-22-6-5-15-9-21-19-12-24-23(33-14-34-24)10-16(19)7-8-26(21)13-20(15)25(22)35-36(30,31)18-4-2-3-17(11-18)27(28)29/h2-6,10-12,21,28-29H,7-9,13-14H2,1H3. The summed E-state index contributed by atoms with van der Waals surface area (Å²) in [7, 11) is -2.84. The van der Waals surface area contributed by atoms with Crippen molar-refractivity contribution in [2.24, 2.45) is 0 Å². The molecule has 3 aliphatic heterocycles. The van der Waals surface area contributed by atoms with Gasteiger partial charge in [0.15, 0.2) is 23.0 Å². The highest BCUT2D eigenvalue weighted by molar-refractivity contribution is 7.87. The van der Waals surface area contributed by atoms with Crippen LogP contribution < -0.4 is 23.6 Å². The molecule has 1 atom stereocenters. The van der Waals surface area contributed by atoms with E-state index in [9.17, 15) is 18.8 Å². The first-order valence-corrected chi connectivity index (χ1v) is 12.8. The molecule has 11 heteroatoms. The highest BCUT2D eigenvalue weighted by Crippen LogP contribution is 2.47. The van der Waals surface area contributed by atoms with Crippen LogP contribution in [0, 0.1) is 0 Å². The lowest BCUT2D eigenvalue weighted by Crippen LogP contribution is -2.39. The van der Waals surface area contributed by atoms with E-state index in [-0.39, 0.29) is 34.4 Å². The number of anilines is 1. The molecular formula is C25H24N2O8S. The molecule has 3 aromatic rings. The number of methoxy groups -OCH3 is 1. The predicted octanol–water partition coefficient (Wildman–Crippen LogP) is 3.43. The average Bonchev–Trinajstić information content (AvgIpc) is 3.34. The number of fused-ring (bicyclic) bond motifs is 5. The second kappa shape index (κ2) is 8.56. The molecule has 36 heavy (non-hydrogen) atoms. The van der Waals surface area contributed by atoms with Crippen LogP contribution in [0.15, 0.2) is 53.4 Å². The van der Waals surface area contributed by atoms with Crippen molar-refractivity contribution in [1.29, 1.82) is 0 Å². The van der Waals surface area contributed by atoms with Gasteiger partial charge in [-0.1, -0.05) is 12.1 Å². The van der Waals surface area contributed by atoms with E-state index in [2.05, 4.69) is 17.0 Å². The van der Waals surface area contributed by atoms with Gasteiger partial charge >= 0.3 is 10.1 Å². The molecule has 0 bridgehead atoms. The molecule has 0 saturated carbocycles. The minimum atomic E-state index is -4.30. The molecule has 10 nitrogen and oxygen atoms in total. The van der Waals surface area contributed by atoms with Gasteiger partial charge in [-0.05, 0) is 65.9 Å². The van der Waals surface area contributed by atoms with Crippen LogP contribution in [0.4, 0.5) is 5.69 Å². The SMILES string of the molecule is COc1ccc2c(c1OS(=O)(=O)c1cccc(N(O)O)c1)CN1CCc3cc4c(cc3C1C2)OCO4. The van der Waals surface area contributed by atoms with Gasteiger partial charge in [-0.15, -0.1) is 5.23 Å². The Morgan fingerprint density at radius 1 is 1.06 bits per heavy atom. The highest BCUT2D eigenvalue weighted by atomic mass is 32.2. The number of nitrogens with zero attached hydrogens (tertiary/aromatic N) is 2. The maximum absolute atomic E-state index is 13.2. The summed E-state index contributed by atoms with van der Waals surface area (Å²) in [6, 6.07) is 13.1. The van der Waals surface area contributed by atoms with E-state index in [1.165, 1.54) is 36.4 Å². The van der Waals surface area contributed by atoms with E-state index in [1.54, 1.807) is 6.07 Å². The molecule has 0 amide bonds. The van der Waals surface area contributed by atoms with Crippen LogP contribution in [0.3, 0.4) is 0 Å². The van der Waals surface area contributed by atoms with E-state index >= 15 is 0 Å². The molecule has 1 unspecified atom stereocenters. The fourth-order valence-corrected chi connectivity index (χ4v) is 6.18. The Morgan fingerprint density at radius 2 is 1.86 bits per heavy atom. The first-order chi connectivity index (χ1) is 17.3. The summed E-state index contributed by atoms with van der Waals surface area (Å²) in [5.41, 5.74) is 4.03. The van der Waals surface area contributed by atoms with Gasteiger partial charge in [0.25, 0.3) is 0 Å². The molecule has 3 heterocycles. The van der Waals surface area contributed by atoms with E-state index in [0.717, 1.165) is 41.7 Å². The van der Waals surface area contributed by atoms with Gasteiger partial charge in [-0.3, -0.25) is 15.3 Å². The summed E-state index contributed by atoms with van der Waals surface area (Å²) in [5, 5.41) is 18.4. The third-order valence-corrected chi connectivity index (χ3v) is 8.17. The lowest BCUT2D eigenvalue weighted by Gasteiger charge is -2.42. The van der Waals surface area contributed by atoms with E-state index in [0.29, 0.717) is 18.7 Å². The van der Waals surface area contributed by atoms with Crippen molar-refractivity contribution in [3.63, 3.8) is 0 Å². The molecule has 0 aliphatic carbocycles. The van der Waals surface area contributed by atoms with Crippen LogP contribution in [-0.2, 0) is 29.5 Å². The maximum Gasteiger partial charge on any atom is 0.339 e. The van der Waals surface area contributed by atoms with Crippen LogP contribution in [0.1, 0.15) is 28.3 Å². The van der Waals surface area contributed by atoms with Gasteiger partial charge in [-0.2, -0.15) is 8.42 Å². The number of ether oxygens (including phenoxy) is 3. The summed E-state index contributed by atoms with van der Waals surface area (Å²) in [5.74, 6) is 1.97. The predicted molar refractivity (Wildman–Crippen MR) is 126 cm³/mol. The fourth-order valence-electron chi connectivity index (χ4n) is 5.17. The van der Waals surface area contributed by atoms with Gasteiger partial charge in [0.1, 0.15) is 4.90 Å².